The molecule has 0 unspecified atom stereocenters. The molecule has 2 aliphatic heterocycles. The van der Waals surface area contributed by atoms with Crippen molar-refractivity contribution in [2.45, 2.75) is 0 Å². The molecule has 0 radical (unpaired) electrons. The van der Waals surface area contributed by atoms with Crippen LogP contribution < -0.4 is 0 Å². The average molecular weight is 572 g/mol. The van der Waals surface area contributed by atoms with Gasteiger partial charge in [0.05, 0.1) is 0 Å². The van der Waals surface area contributed by atoms with Gasteiger partial charge in [-0.05, 0) is 10.0 Å². The Balaban J connectivity index is 0.000000271. The molecule has 1 aromatic heterocycles. The maximum atomic E-state index is 7.54. The molecule has 0 saturated heterocycles. The first-order chi connectivity index (χ1) is 16.3. The van der Waals surface area contributed by atoms with Gasteiger partial charge in [-0.25, -0.2) is 0 Å². The van der Waals surface area contributed by atoms with E-state index in [9.17, 15) is 0 Å². The number of hydrogen-bond acceptors (Lipinski definition) is 2. The summed E-state index contributed by atoms with van der Waals surface area (Å²) in [5.74, 6) is 0. The number of halogens is 4. The summed E-state index contributed by atoms with van der Waals surface area (Å²) >= 11 is 26.5. The van der Waals surface area contributed by atoms with Crippen molar-refractivity contribution in [1.82, 2.24) is 4.98 Å². The Kier molecular flexibility index (Phi) is 9.53. The van der Waals surface area contributed by atoms with Gasteiger partial charge in [-0.2, -0.15) is 35.3 Å². The summed E-state index contributed by atoms with van der Waals surface area (Å²) in [5.41, 5.74) is 12.9. The number of benzene rings is 1. The van der Waals surface area contributed by atoms with E-state index in [2.05, 4.69) is 36.3 Å². The van der Waals surface area contributed by atoms with Gasteiger partial charge in [0.25, 0.3) is 0 Å². The van der Waals surface area contributed by atoms with Crippen LogP contribution in [0.4, 0.5) is 0 Å². The van der Waals surface area contributed by atoms with Crippen LogP contribution in [0, 0.1) is 12.6 Å². The number of H-pyrrole nitrogens is 1. The second kappa shape index (κ2) is 12.4. The van der Waals surface area contributed by atoms with Gasteiger partial charge in [0.15, 0.2) is 0 Å². The fourth-order valence-corrected chi connectivity index (χ4v) is 3.53. The van der Waals surface area contributed by atoms with Crippen molar-refractivity contribution in [2.75, 3.05) is 0 Å². The van der Waals surface area contributed by atoms with Crippen LogP contribution in [-0.2, 0) is 15.3 Å². The SMILES string of the molecule is Clc1[c-]cc(Cl)c(Cl)c1Cl.[CH-]=CC([NH-])=Cc1ccc(C=C2C=CC(C=C3C=CC([CH]=[Co])=N3)=N2)[nH]1. The molecule has 3 heterocycles. The van der Waals surface area contributed by atoms with Crippen molar-refractivity contribution >= 4 is 74.9 Å². The molecular weight excluding hydrogens is 557 g/mol. The summed E-state index contributed by atoms with van der Waals surface area (Å²) in [5, 5.41) is 1.16. The average Bonchev–Trinajstić information content (AvgIpc) is 3.58. The van der Waals surface area contributed by atoms with Gasteiger partial charge < -0.3 is 11.4 Å². The number of hydrogen-bond donors (Lipinski definition) is 1. The molecule has 34 heavy (non-hydrogen) atoms. The number of allylic oxidation sites excluding steroid dienone is 6. The molecule has 0 spiro atoms. The molecule has 4 rings (SSSR count). The Morgan fingerprint density at radius 1 is 0.941 bits per heavy atom. The van der Waals surface area contributed by atoms with Crippen molar-refractivity contribution in [3.63, 3.8) is 0 Å². The van der Waals surface area contributed by atoms with Gasteiger partial charge in [-0.15, -0.1) is 29.3 Å². The van der Waals surface area contributed by atoms with Crippen molar-refractivity contribution < 1.29 is 15.3 Å². The Morgan fingerprint density at radius 3 is 2.24 bits per heavy atom. The monoisotopic (exact) mass is 570 g/mol. The predicted octanol–water partition coefficient (Wildman–Crippen LogP) is 8.09. The number of aromatic nitrogens is 1. The molecule has 0 aliphatic carbocycles. The first-order valence-electron chi connectivity index (χ1n) is 9.54. The maximum absolute atomic E-state index is 7.54. The van der Waals surface area contributed by atoms with E-state index >= 15 is 0 Å². The standard InChI is InChI=1S/C19H14N4.C6HCl4.Co/c1-3-14(20)10-15-6-7-18(22-15)12-19-9-8-17(23-19)11-16-5-4-13(2)21-16;7-3-1-2-4(8)6(10)5(3)9;/h1-12,20,22H;1H;/q-2;-1;. The number of nitrogens with one attached hydrogen (secondary N) is 2. The van der Waals surface area contributed by atoms with Crippen LogP contribution in [0.5, 0.6) is 0 Å². The molecule has 0 bridgehead atoms. The fourth-order valence-electron chi connectivity index (χ4n) is 2.66. The third-order valence-electron chi connectivity index (χ3n) is 4.21. The molecule has 2 aromatic rings. The molecule has 2 N–H and O–H groups in total. The van der Waals surface area contributed by atoms with E-state index in [0.29, 0.717) is 5.02 Å². The number of aliphatic imine (C=N–C) groups is 2. The van der Waals surface area contributed by atoms with Crippen LogP contribution in [0.15, 0.2) is 81.7 Å². The van der Waals surface area contributed by atoms with E-state index in [-0.39, 0.29) is 20.8 Å². The first-order valence-corrected chi connectivity index (χ1v) is 11.7. The number of aromatic amines is 1. The minimum atomic E-state index is 0.246. The van der Waals surface area contributed by atoms with E-state index in [0.717, 1.165) is 34.2 Å². The summed E-state index contributed by atoms with van der Waals surface area (Å²) < 4.78 is 0. The third-order valence-corrected chi connectivity index (χ3v) is 6.17. The zero-order valence-electron chi connectivity index (χ0n) is 17.2. The molecule has 0 fully saturated rings. The van der Waals surface area contributed by atoms with Crippen LogP contribution in [-0.4, -0.2) is 21.4 Å². The summed E-state index contributed by atoms with van der Waals surface area (Å²) in [4.78, 5) is 13.8. The Labute approximate surface area is 225 Å². The van der Waals surface area contributed by atoms with Gasteiger partial charge in [0.1, 0.15) is 0 Å². The summed E-state index contributed by atoms with van der Waals surface area (Å²) in [7, 11) is 0. The van der Waals surface area contributed by atoms with Gasteiger partial charge >= 0.3 is 118 Å². The van der Waals surface area contributed by atoms with Crippen molar-refractivity contribution in [3.05, 3.63) is 122 Å². The van der Waals surface area contributed by atoms with E-state index in [1.54, 1.807) is 11.0 Å². The number of nitrogens with zero attached hydrogens (tertiary/aromatic N) is 2. The molecule has 0 saturated carbocycles. The fraction of sp³-hybridized carbons (Fsp3) is 0. The van der Waals surface area contributed by atoms with E-state index in [1.165, 1.54) is 12.1 Å². The van der Waals surface area contributed by atoms with Crippen LogP contribution in [0.25, 0.3) is 17.9 Å². The van der Waals surface area contributed by atoms with E-state index in [1.807, 2.05) is 48.6 Å². The van der Waals surface area contributed by atoms with Gasteiger partial charge in [-0.1, -0.05) is 10.0 Å². The third kappa shape index (κ3) is 7.31. The first kappa shape index (κ1) is 26.2. The molecule has 0 amide bonds. The molecule has 9 heteroatoms. The Morgan fingerprint density at radius 2 is 1.59 bits per heavy atom. The molecule has 4 nitrogen and oxygen atoms in total. The zero-order chi connectivity index (χ0) is 24.7. The topological polar surface area (TPSA) is 64.3 Å². The van der Waals surface area contributed by atoms with E-state index < -0.39 is 0 Å². The molecular formula is C25H15Cl4CoN4-3. The van der Waals surface area contributed by atoms with Crippen LogP contribution in [0.2, 0.25) is 20.1 Å². The van der Waals surface area contributed by atoms with Crippen molar-refractivity contribution in [3.8, 4) is 0 Å². The number of rotatable bonds is 5. The summed E-state index contributed by atoms with van der Waals surface area (Å²) in [6.45, 7) is 5.30. The zero-order valence-corrected chi connectivity index (χ0v) is 21.3. The van der Waals surface area contributed by atoms with Gasteiger partial charge in [0, 0.05) is 0 Å². The molecule has 2 aliphatic rings. The second-order valence-electron chi connectivity index (χ2n) is 6.69. The predicted molar refractivity (Wildman–Crippen MR) is 143 cm³/mol. The van der Waals surface area contributed by atoms with E-state index in [4.69, 9.17) is 58.7 Å². The van der Waals surface area contributed by atoms with Crippen molar-refractivity contribution in [1.29, 1.82) is 0 Å². The second-order valence-corrected chi connectivity index (χ2v) is 8.53. The Bertz CT molecular complexity index is 1310. The summed E-state index contributed by atoms with van der Waals surface area (Å²) in [6, 6.07) is 7.92. The summed E-state index contributed by atoms with van der Waals surface area (Å²) in [6.07, 6.45) is 14.5. The van der Waals surface area contributed by atoms with Gasteiger partial charge in [-0.3, -0.25) is 12.7 Å². The Hall–Kier alpha value is -2.38. The van der Waals surface area contributed by atoms with Gasteiger partial charge in [0.2, 0.25) is 0 Å². The van der Waals surface area contributed by atoms with Crippen molar-refractivity contribution in [2.24, 2.45) is 9.98 Å². The molecule has 0 atom stereocenters. The molecule has 1 aromatic carbocycles. The van der Waals surface area contributed by atoms with Crippen LogP contribution >= 0.6 is 46.4 Å². The normalized spacial score (nSPS) is 17.0. The van der Waals surface area contributed by atoms with Crippen LogP contribution in [0.3, 0.4) is 0 Å². The minimum absolute atomic E-state index is 0.246. The molecule has 175 valence electrons. The quantitative estimate of drug-likeness (QED) is 0.163. The van der Waals surface area contributed by atoms with Crippen LogP contribution in [0.1, 0.15) is 11.4 Å².